The molecule has 1 heterocycles. The number of nitrogens with zero attached hydrogens (tertiary/aromatic N) is 3. The van der Waals surface area contributed by atoms with Gasteiger partial charge in [0.25, 0.3) is 0 Å². The molecule has 0 atom stereocenters. The minimum atomic E-state index is -4.49. The van der Waals surface area contributed by atoms with E-state index in [2.05, 4.69) is 10.1 Å². The number of alkyl halides is 3. The van der Waals surface area contributed by atoms with Crippen LogP contribution in [0.4, 0.5) is 19.0 Å². The van der Waals surface area contributed by atoms with Gasteiger partial charge in [-0.2, -0.15) is 18.3 Å². The van der Waals surface area contributed by atoms with Gasteiger partial charge in [-0.05, 0) is 24.6 Å². The highest BCUT2D eigenvalue weighted by molar-refractivity contribution is 6.29. The van der Waals surface area contributed by atoms with Crippen molar-refractivity contribution in [2.24, 2.45) is 5.10 Å². The van der Waals surface area contributed by atoms with E-state index in [4.69, 9.17) is 11.6 Å². The molecule has 0 N–H and O–H groups in total. The molecule has 1 aromatic carbocycles. The molecule has 2 rings (SSSR count). The van der Waals surface area contributed by atoms with Gasteiger partial charge in [-0.1, -0.05) is 41.9 Å². The van der Waals surface area contributed by atoms with Crippen LogP contribution in [-0.4, -0.2) is 17.7 Å². The maximum atomic E-state index is 12.8. The van der Waals surface area contributed by atoms with E-state index in [-0.39, 0.29) is 11.0 Å². The number of anilines is 1. The Morgan fingerprint density at radius 3 is 2.41 bits per heavy atom. The molecule has 0 aliphatic carbocycles. The summed E-state index contributed by atoms with van der Waals surface area (Å²) in [4.78, 5) is 3.88. The second-order valence-electron chi connectivity index (χ2n) is 4.61. The van der Waals surface area contributed by atoms with Crippen molar-refractivity contribution >= 4 is 23.1 Å². The molecule has 0 aliphatic heterocycles. The Kier molecular flexibility index (Phi) is 4.71. The average molecular weight is 328 g/mol. The van der Waals surface area contributed by atoms with Crippen molar-refractivity contribution < 1.29 is 13.2 Å². The number of pyridine rings is 1. The second kappa shape index (κ2) is 6.36. The quantitative estimate of drug-likeness (QED) is 0.468. The Morgan fingerprint density at radius 1 is 1.18 bits per heavy atom. The zero-order valence-corrected chi connectivity index (χ0v) is 12.7. The van der Waals surface area contributed by atoms with Crippen molar-refractivity contribution in [1.29, 1.82) is 0 Å². The van der Waals surface area contributed by atoms with Crippen LogP contribution in [0.1, 0.15) is 18.1 Å². The summed E-state index contributed by atoms with van der Waals surface area (Å²) in [6.45, 7) is 1.76. The van der Waals surface area contributed by atoms with Crippen LogP contribution in [0.2, 0.25) is 5.15 Å². The Bertz CT molecular complexity index is 684. The molecule has 0 saturated heterocycles. The van der Waals surface area contributed by atoms with Gasteiger partial charge in [0, 0.05) is 7.05 Å². The molecule has 0 saturated carbocycles. The molecule has 0 amide bonds. The van der Waals surface area contributed by atoms with Gasteiger partial charge >= 0.3 is 6.18 Å². The van der Waals surface area contributed by atoms with E-state index in [0.717, 1.165) is 17.7 Å². The third-order valence-corrected chi connectivity index (χ3v) is 3.12. The van der Waals surface area contributed by atoms with Crippen LogP contribution < -0.4 is 5.01 Å². The maximum absolute atomic E-state index is 12.8. The first kappa shape index (κ1) is 16.3. The fourth-order valence-corrected chi connectivity index (χ4v) is 2.03. The van der Waals surface area contributed by atoms with E-state index in [1.807, 2.05) is 30.3 Å². The van der Waals surface area contributed by atoms with E-state index in [1.54, 1.807) is 6.92 Å². The molecular formula is C15H13ClF3N3. The van der Waals surface area contributed by atoms with E-state index >= 15 is 0 Å². The zero-order valence-electron chi connectivity index (χ0n) is 11.9. The topological polar surface area (TPSA) is 28.5 Å². The summed E-state index contributed by atoms with van der Waals surface area (Å²) >= 11 is 5.67. The highest BCUT2D eigenvalue weighted by Gasteiger charge is 2.31. The number of benzene rings is 1. The summed E-state index contributed by atoms with van der Waals surface area (Å²) in [5.74, 6) is 0.0232. The van der Waals surface area contributed by atoms with Gasteiger partial charge in [0.2, 0.25) is 0 Å². The maximum Gasteiger partial charge on any atom is 0.416 e. The van der Waals surface area contributed by atoms with Gasteiger partial charge in [-0.15, -0.1) is 0 Å². The van der Waals surface area contributed by atoms with Gasteiger partial charge in [0.15, 0.2) is 5.82 Å². The Morgan fingerprint density at radius 2 is 1.82 bits per heavy atom. The summed E-state index contributed by atoms with van der Waals surface area (Å²) in [7, 11) is 1.52. The van der Waals surface area contributed by atoms with Crippen LogP contribution in [0.25, 0.3) is 0 Å². The first-order chi connectivity index (χ1) is 10.3. The Balaban J connectivity index is 2.34. The first-order valence-corrected chi connectivity index (χ1v) is 6.74. The van der Waals surface area contributed by atoms with Gasteiger partial charge < -0.3 is 0 Å². The molecule has 7 heteroatoms. The number of hydrogen-bond donors (Lipinski definition) is 0. The van der Waals surface area contributed by atoms with Crippen LogP contribution in [0.3, 0.4) is 0 Å². The smallest absolute Gasteiger partial charge is 0.251 e. The van der Waals surface area contributed by atoms with Crippen LogP contribution >= 0.6 is 11.6 Å². The standard InChI is InChI=1S/C15H13ClF3N3/c1-10(11-6-4-3-5-7-11)21-22(2)14-9-12(15(17,18)19)8-13(16)20-14/h3-9H,1-2H3. The van der Waals surface area contributed by atoms with Crippen molar-refractivity contribution in [1.82, 2.24) is 4.98 Å². The highest BCUT2D eigenvalue weighted by atomic mass is 35.5. The lowest BCUT2D eigenvalue weighted by molar-refractivity contribution is -0.137. The van der Waals surface area contributed by atoms with E-state index in [1.165, 1.54) is 12.1 Å². The molecule has 1 aromatic heterocycles. The number of aromatic nitrogens is 1. The monoisotopic (exact) mass is 327 g/mol. The molecule has 2 aromatic rings. The normalized spacial score (nSPS) is 12.4. The lowest BCUT2D eigenvalue weighted by Crippen LogP contribution is -2.15. The summed E-state index contributed by atoms with van der Waals surface area (Å²) in [5, 5.41) is 5.28. The van der Waals surface area contributed by atoms with Crippen molar-refractivity contribution in [2.45, 2.75) is 13.1 Å². The minimum Gasteiger partial charge on any atom is -0.251 e. The zero-order chi connectivity index (χ0) is 16.3. The molecule has 0 bridgehead atoms. The van der Waals surface area contributed by atoms with E-state index in [0.29, 0.717) is 5.71 Å². The van der Waals surface area contributed by atoms with Crippen molar-refractivity contribution in [3.05, 3.63) is 58.7 Å². The summed E-state index contributed by atoms with van der Waals surface area (Å²) in [6, 6.07) is 11.0. The Labute approximate surface area is 131 Å². The van der Waals surface area contributed by atoms with Crippen LogP contribution in [0.5, 0.6) is 0 Å². The molecular weight excluding hydrogens is 315 g/mol. The lowest BCUT2D eigenvalue weighted by atomic mass is 10.1. The number of halogens is 4. The number of hydrazone groups is 1. The van der Waals surface area contributed by atoms with Crippen molar-refractivity contribution in [3.63, 3.8) is 0 Å². The van der Waals surface area contributed by atoms with Gasteiger partial charge in [0.05, 0.1) is 11.3 Å². The highest BCUT2D eigenvalue weighted by Crippen LogP contribution is 2.32. The van der Waals surface area contributed by atoms with Gasteiger partial charge in [-0.25, -0.2) is 4.98 Å². The second-order valence-corrected chi connectivity index (χ2v) is 5.00. The summed E-state index contributed by atoms with van der Waals surface area (Å²) in [6.07, 6.45) is -4.49. The van der Waals surface area contributed by atoms with Gasteiger partial charge in [-0.3, -0.25) is 5.01 Å². The third kappa shape index (κ3) is 3.98. The van der Waals surface area contributed by atoms with E-state index < -0.39 is 11.7 Å². The summed E-state index contributed by atoms with van der Waals surface area (Å²) in [5.41, 5.74) is 0.660. The number of rotatable bonds is 3. The average Bonchev–Trinajstić information content (AvgIpc) is 2.46. The molecule has 0 fully saturated rings. The molecule has 0 unspecified atom stereocenters. The van der Waals surface area contributed by atoms with Crippen LogP contribution in [0, 0.1) is 0 Å². The lowest BCUT2D eigenvalue weighted by Gasteiger charge is -2.16. The molecule has 116 valence electrons. The predicted octanol–water partition coefficient (Wildman–Crippen LogP) is 4.61. The SMILES string of the molecule is CC(=NN(C)c1cc(C(F)(F)F)cc(Cl)n1)c1ccccc1. The molecule has 22 heavy (non-hydrogen) atoms. The van der Waals surface area contributed by atoms with Crippen LogP contribution in [0.15, 0.2) is 47.6 Å². The minimum absolute atomic E-state index is 0.0232. The fraction of sp³-hybridized carbons (Fsp3) is 0.200. The molecule has 0 radical (unpaired) electrons. The molecule has 0 aliphatic rings. The molecule has 0 spiro atoms. The largest absolute Gasteiger partial charge is 0.416 e. The van der Waals surface area contributed by atoms with Gasteiger partial charge in [0.1, 0.15) is 5.15 Å². The van der Waals surface area contributed by atoms with Crippen molar-refractivity contribution in [3.8, 4) is 0 Å². The Hall–Kier alpha value is -2.08. The summed E-state index contributed by atoms with van der Waals surface area (Å²) < 4.78 is 38.4. The van der Waals surface area contributed by atoms with E-state index in [9.17, 15) is 13.2 Å². The number of hydrogen-bond acceptors (Lipinski definition) is 3. The first-order valence-electron chi connectivity index (χ1n) is 6.36. The predicted molar refractivity (Wildman–Crippen MR) is 81.3 cm³/mol. The van der Waals surface area contributed by atoms with Crippen LogP contribution in [-0.2, 0) is 6.18 Å². The molecule has 3 nitrogen and oxygen atoms in total. The van der Waals surface area contributed by atoms with Crippen molar-refractivity contribution in [2.75, 3.05) is 12.1 Å². The fourth-order valence-electron chi connectivity index (χ4n) is 1.83. The third-order valence-electron chi connectivity index (χ3n) is 2.93.